The van der Waals surface area contributed by atoms with Crippen molar-refractivity contribution in [2.45, 2.75) is 0 Å². The molecular weight excluding hydrogens is 255 g/mol. The number of hydrogen-bond donors (Lipinski definition) is 1. The molecule has 0 spiro atoms. The summed E-state index contributed by atoms with van der Waals surface area (Å²) >= 11 is 0. The van der Waals surface area contributed by atoms with Gasteiger partial charge in [0.15, 0.2) is 0 Å². The molecule has 0 fully saturated rings. The SMILES string of the molecule is O=C(O)c1cc2cc[c-]cc2cn1.[Y]. The third kappa shape index (κ3) is 2.17. The van der Waals surface area contributed by atoms with E-state index in [1.54, 1.807) is 18.2 Å². The molecule has 0 aliphatic rings. The smallest absolute Gasteiger partial charge is 0.354 e. The predicted octanol–water partition coefficient (Wildman–Crippen LogP) is 1.73. The number of pyridine rings is 1. The molecule has 67 valence electrons. The standard InChI is InChI=1S/C10H6NO2.Y/c12-10(13)9-5-7-3-1-2-4-8(7)6-11-9;/h1,3-6H,(H,12,13);/q-1;. The normalized spacial score (nSPS) is 9.43. The van der Waals surface area contributed by atoms with Gasteiger partial charge < -0.3 is 5.11 Å². The van der Waals surface area contributed by atoms with Gasteiger partial charge in [0.05, 0.1) is 0 Å². The van der Waals surface area contributed by atoms with Gasteiger partial charge >= 0.3 is 5.97 Å². The fourth-order valence-corrected chi connectivity index (χ4v) is 1.14. The van der Waals surface area contributed by atoms with Crippen molar-refractivity contribution >= 4 is 16.7 Å². The minimum Gasteiger partial charge on any atom is -0.477 e. The number of nitrogens with zero attached hydrogens (tertiary/aromatic N) is 1. The number of benzene rings is 1. The van der Waals surface area contributed by atoms with Crippen LogP contribution in [0, 0.1) is 6.07 Å². The van der Waals surface area contributed by atoms with Crippen molar-refractivity contribution in [1.82, 2.24) is 4.98 Å². The molecule has 1 radical (unpaired) electrons. The van der Waals surface area contributed by atoms with Gasteiger partial charge in [0.1, 0.15) is 5.69 Å². The van der Waals surface area contributed by atoms with E-state index in [4.69, 9.17) is 5.11 Å². The Labute approximate surface area is 106 Å². The van der Waals surface area contributed by atoms with Gasteiger partial charge in [-0.3, -0.25) is 4.98 Å². The summed E-state index contributed by atoms with van der Waals surface area (Å²) in [6, 6.07) is 9.77. The van der Waals surface area contributed by atoms with Crippen LogP contribution in [0.25, 0.3) is 10.8 Å². The third-order valence-electron chi connectivity index (χ3n) is 1.79. The Hall–Kier alpha value is -0.796. The number of aromatic carboxylic acids is 1. The van der Waals surface area contributed by atoms with Crippen LogP contribution in [0.2, 0.25) is 0 Å². The van der Waals surface area contributed by atoms with Gasteiger partial charge in [-0.15, -0.1) is 10.8 Å². The van der Waals surface area contributed by atoms with E-state index in [-0.39, 0.29) is 38.4 Å². The van der Waals surface area contributed by atoms with Crippen LogP contribution >= 0.6 is 0 Å². The number of rotatable bonds is 1. The second-order valence-corrected chi connectivity index (χ2v) is 2.65. The molecule has 0 aliphatic heterocycles. The van der Waals surface area contributed by atoms with Gasteiger partial charge in [-0.25, -0.2) is 4.79 Å². The summed E-state index contributed by atoms with van der Waals surface area (Å²) in [4.78, 5) is 14.4. The molecule has 1 aromatic carbocycles. The van der Waals surface area contributed by atoms with Crippen molar-refractivity contribution < 1.29 is 42.6 Å². The van der Waals surface area contributed by atoms with Crippen LogP contribution in [0.5, 0.6) is 0 Å². The second kappa shape index (κ2) is 4.62. The zero-order valence-electron chi connectivity index (χ0n) is 7.27. The Morgan fingerprint density at radius 2 is 2.21 bits per heavy atom. The van der Waals surface area contributed by atoms with Crippen LogP contribution in [0.1, 0.15) is 10.5 Å². The van der Waals surface area contributed by atoms with Gasteiger partial charge in [-0.1, -0.05) is 0 Å². The third-order valence-corrected chi connectivity index (χ3v) is 1.79. The van der Waals surface area contributed by atoms with E-state index in [2.05, 4.69) is 11.1 Å². The number of fused-ring (bicyclic) bond motifs is 1. The van der Waals surface area contributed by atoms with Crippen molar-refractivity contribution in [3.05, 3.63) is 42.2 Å². The first-order chi connectivity index (χ1) is 6.27. The maximum Gasteiger partial charge on any atom is 0.354 e. The Balaban J connectivity index is 0.000000980. The summed E-state index contributed by atoms with van der Waals surface area (Å²) in [6.45, 7) is 0. The number of carbonyl (C=O) groups is 1. The fourth-order valence-electron chi connectivity index (χ4n) is 1.14. The Morgan fingerprint density at radius 1 is 1.43 bits per heavy atom. The van der Waals surface area contributed by atoms with Crippen molar-refractivity contribution in [3.8, 4) is 0 Å². The average molecular weight is 261 g/mol. The van der Waals surface area contributed by atoms with Crippen molar-refractivity contribution in [1.29, 1.82) is 0 Å². The van der Waals surface area contributed by atoms with Gasteiger partial charge in [-0.2, -0.15) is 24.3 Å². The average Bonchev–Trinajstić information content (AvgIpc) is 2.17. The minimum atomic E-state index is -1.00. The monoisotopic (exact) mass is 261 g/mol. The zero-order valence-corrected chi connectivity index (χ0v) is 10.1. The van der Waals surface area contributed by atoms with E-state index in [0.717, 1.165) is 10.8 Å². The van der Waals surface area contributed by atoms with Crippen LogP contribution in [-0.2, 0) is 32.7 Å². The zero-order chi connectivity index (χ0) is 9.26. The van der Waals surface area contributed by atoms with Gasteiger partial charge in [0.25, 0.3) is 0 Å². The molecule has 14 heavy (non-hydrogen) atoms. The molecule has 2 aromatic rings. The van der Waals surface area contributed by atoms with E-state index in [0.29, 0.717) is 0 Å². The molecule has 1 N–H and O–H groups in total. The molecule has 0 unspecified atom stereocenters. The first-order valence-electron chi connectivity index (χ1n) is 3.76. The van der Waals surface area contributed by atoms with Crippen molar-refractivity contribution in [2.75, 3.05) is 0 Å². The number of aromatic nitrogens is 1. The first-order valence-corrected chi connectivity index (χ1v) is 3.76. The first kappa shape index (κ1) is 11.3. The van der Waals surface area contributed by atoms with E-state index in [1.807, 2.05) is 6.07 Å². The molecule has 1 heterocycles. The maximum absolute atomic E-state index is 10.6. The van der Waals surface area contributed by atoms with Gasteiger partial charge in [0, 0.05) is 32.7 Å². The fraction of sp³-hybridized carbons (Fsp3) is 0. The van der Waals surface area contributed by atoms with Crippen LogP contribution in [0.4, 0.5) is 0 Å². The maximum atomic E-state index is 10.6. The molecule has 0 saturated carbocycles. The molecule has 3 nitrogen and oxygen atoms in total. The molecular formula is C10H6NO2Y-. The molecule has 0 amide bonds. The minimum absolute atomic E-state index is 0. The Bertz CT molecular complexity index is 470. The number of carboxylic acid groups (broad SMARTS) is 1. The Morgan fingerprint density at radius 3 is 2.93 bits per heavy atom. The van der Waals surface area contributed by atoms with Gasteiger partial charge in [-0.05, 0) is 12.3 Å². The molecule has 0 saturated heterocycles. The molecule has 0 aliphatic carbocycles. The largest absolute Gasteiger partial charge is 0.477 e. The summed E-state index contributed by atoms with van der Waals surface area (Å²) in [7, 11) is 0. The number of carboxylic acids is 1. The van der Waals surface area contributed by atoms with E-state index in [9.17, 15) is 4.79 Å². The number of hydrogen-bond acceptors (Lipinski definition) is 2. The van der Waals surface area contributed by atoms with Crippen molar-refractivity contribution in [2.24, 2.45) is 0 Å². The molecule has 1 aromatic heterocycles. The van der Waals surface area contributed by atoms with Crippen LogP contribution in [0.3, 0.4) is 0 Å². The van der Waals surface area contributed by atoms with E-state index >= 15 is 0 Å². The molecule has 0 bridgehead atoms. The summed E-state index contributed by atoms with van der Waals surface area (Å²) < 4.78 is 0. The van der Waals surface area contributed by atoms with Crippen molar-refractivity contribution in [3.63, 3.8) is 0 Å². The topological polar surface area (TPSA) is 50.2 Å². The quantitative estimate of drug-likeness (QED) is 0.795. The summed E-state index contributed by atoms with van der Waals surface area (Å²) in [5.41, 5.74) is 0.0682. The summed E-state index contributed by atoms with van der Waals surface area (Å²) in [5.74, 6) is -1.00. The van der Waals surface area contributed by atoms with E-state index < -0.39 is 5.97 Å². The Kier molecular flexibility index (Phi) is 3.72. The van der Waals surface area contributed by atoms with E-state index in [1.165, 1.54) is 6.20 Å². The summed E-state index contributed by atoms with van der Waals surface area (Å²) in [5, 5.41) is 10.4. The van der Waals surface area contributed by atoms with Crippen LogP contribution < -0.4 is 0 Å². The molecule has 4 heteroatoms. The van der Waals surface area contributed by atoms with Crippen LogP contribution in [-0.4, -0.2) is 16.1 Å². The van der Waals surface area contributed by atoms with Crippen LogP contribution in [0.15, 0.2) is 30.5 Å². The second-order valence-electron chi connectivity index (χ2n) is 2.65. The molecule has 0 atom stereocenters. The summed E-state index contributed by atoms with van der Waals surface area (Å²) in [6.07, 6.45) is 1.54. The molecule has 2 rings (SSSR count). The van der Waals surface area contributed by atoms with Gasteiger partial charge in [0.2, 0.25) is 0 Å². The predicted molar refractivity (Wildman–Crippen MR) is 47.5 cm³/mol.